The lowest BCUT2D eigenvalue weighted by Crippen LogP contribution is -2.02. The Balaban J connectivity index is 0.000000597. The van der Waals surface area contributed by atoms with Crippen molar-refractivity contribution in [2.75, 3.05) is 7.11 Å². The van der Waals surface area contributed by atoms with Gasteiger partial charge in [-0.15, -0.1) is 0 Å². The Labute approximate surface area is 146 Å². The average Bonchev–Trinajstić information content (AvgIpc) is 2.58. The third kappa shape index (κ3) is 7.04. The minimum atomic E-state index is -6.00. The first-order valence-corrected chi connectivity index (χ1v) is 7.06. The number of diazo groups is 1. The fourth-order valence-corrected chi connectivity index (χ4v) is 1.90. The molecule has 0 spiro atoms. The van der Waals surface area contributed by atoms with E-state index in [9.17, 15) is 27.2 Å². The average molecular weight is 368 g/mol. The normalized spacial score (nSPS) is 11.0. The fraction of sp³-hybridized carbons (Fsp3) is 0.0625. The molecule has 0 amide bonds. The molecule has 0 fully saturated rings. The second-order valence-electron chi connectivity index (χ2n) is 4.75. The van der Waals surface area contributed by atoms with Gasteiger partial charge in [-0.3, -0.25) is 0 Å². The first kappa shape index (κ1) is 20.7. The molecule has 0 saturated heterocycles. The van der Waals surface area contributed by atoms with Gasteiger partial charge in [0.15, 0.2) is 4.98 Å². The number of carboxylic acids is 1. The Morgan fingerprint density at radius 2 is 1.65 bits per heavy atom. The van der Waals surface area contributed by atoms with Crippen LogP contribution in [0.1, 0.15) is 11.1 Å². The van der Waals surface area contributed by atoms with Crippen molar-refractivity contribution in [2.24, 2.45) is 0 Å². The van der Waals surface area contributed by atoms with Crippen molar-refractivity contribution in [2.45, 2.75) is 0 Å². The van der Waals surface area contributed by atoms with E-state index in [0.717, 1.165) is 0 Å². The van der Waals surface area contributed by atoms with Gasteiger partial charge in [0.2, 0.25) is 5.39 Å². The van der Waals surface area contributed by atoms with Crippen LogP contribution >= 0.6 is 0 Å². The molecule has 0 atom stereocenters. The number of nitrogens with zero attached hydrogens (tertiary/aromatic N) is 2. The molecule has 0 aromatic heterocycles. The third-order valence-corrected chi connectivity index (χ3v) is 2.98. The van der Waals surface area contributed by atoms with Gasteiger partial charge in [-0.1, -0.05) is 24.3 Å². The molecule has 0 aliphatic heterocycles. The molecule has 0 aliphatic rings. The highest BCUT2D eigenvalue weighted by Gasteiger charge is 2.20. The smallest absolute Gasteiger partial charge is 0.497 e. The molecule has 5 nitrogen and oxygen atoms in total. The van der Waals surface area contributed by atoms with Crippen LogP contribution in [0.4, 0.5) is 23.0 Å². The van der Waals surface area contributed by atoms with Gasteiger partial charge in [-0.2, -0.15) is 0 Å². The highest BCUT2D eigenvalue weighted by molar-refractivity contribution is 6.50. The van der Waals surface area contributed by atoms with Gasteiger partial charge in [0.05, 0.1) is 18.2 Å². The van der Waals surface area contributed by atoms with Crippen molar-refractivity contribution >= 4 is 30.6 Å². The molecule has 1 N–H and O–H groups in total. The highest BCUT2D eigenvalue weighted by atomic mass is 19.5. The molecule has 0 aliphatic carbocycles. The van der Waals surface area contributed by atoms with Crippen molar-refractivity contribution in [3.63, 3.8) is 0 Å². The number of benzene rings is 2. The summed E-state index contributed by atoms with van der Waals surface area (Å²) >= 11 is 0. The number of ether oxygens (including phenoxy) is 1. The SMILES string of the molecule is COc1ccc(/C(=C\c2ccccc2[N+]#N)C(=O)O)cc1.F[B-](F)(F)F. The number of aliphatic carboxylic acids is 1. The van der Waals surface area contributed by atoms with Gasteiger partial charge in [0, 0.05) is 6.07 Å². The lowest BCUT2D eigenvalue weighted by Gasteiger charge is -2.04. The van der Waals surface area contributed by atoms with E-state index in [1.807, 2.05) is 0 Å². The number of halogens is 4. The number of hydrogen-bond donors (Lipinski definition) is 1. The molecule has 10 heteroatoms. The van der Waals surface area contributed by atoms with E-state index in [-0.39, 0.29) is 5.57 Å². The van der Waals surface area contributed by atoms with Crippen LogP contribution in [0.3, 0.4) is 0 Å². The lowest BCUT2D eigenvalue weighted by molar-refractivity contribution is -0.130. The third-order valence-electron chi connectivity index (χ3n) is 2.98. The van der Waals surface area contributed by atoms with Crippen LogP contribution in [-0.4, -0.2) is 25.4 Å². The Kier molecular flexibility index (Phi) is 7.34. The molecule has 0 radical (unpaired) electrons. The first-order chi connectivity index (χ1) is 12.2. The Morgan fingerprint density at radius 3 is 2.12 bits per heavy atom. The minimum absolute atomic E-state index is 0.105. The van der Waals surface area contributed by atoms with Gasteiger partial charge < -0.3 is 27.1 Å². The van der Waals surface area contributed by atoms with E-state index in [1.165, 1.54) is 6.08 Å². The summed E-state index contributed by atoms with van der Waals surface area (Å²) in [5.74, 6) is -0.415. The predicted molar refractivity (Wildman–Crippen MR) is 89.9 cm³/mol. The lowest BCUT2D eigenvalue weighted by atomic mass is 10.0. The number of rotatable bonds is 4. The molecule has 2 aromatic carbocycles. The van der Waals surface area contributed by atoms with E-state index in [2.05, 4.69) is 4.98 Å². The van der Waals surface area contributed by atoms with Crippen LogP contribution in [0, 0.1) is 5.39 Å². The van der Waals surface area contributed by atoms with Crippen molar-refractivity contribution in [3.8, 4) is 5.75 Å². The van der Waals surface area contributed by atoms with E-state index < -0.39 is 13.2 Å². The summed E-state index contributed by atoms with van der Waals surface area (Å²) in [6, 6.07) is 13.4. The van der Waals surface area contributed by atoms with Crippen molar-refractivity contribution in [1.82, 2.24) is 0 Å². The van der Waals surface area contributed by atoms with Crippen LogP contribution in [-0.2, 0) is 4.79 Å². The zero-order chi connectivity index (χ0) is 19.7. The molecule has 0 bridgehead atoms. The van der Waals surface area contributed by atoms with Gasteiger partial charge in [-0.05, 0) is 29.8 Å². The van der Waals surface area contributed by atoms with E-state index in [4.69, 9.17) is 10.1 Å². The molecular weight excluding hydrogens is 355 g/mol. The number of carbonyl (C=O) groups is 1. The van der Waals surface area contributed by atoms with E-state index in [1.54, 1.807) is 55.6 Å². The Morgan fingerprint density at radius 1 is 1.12 bits per heavy atom. The van der Waals surface area contributed by atoms with Crippen LogP contribution in [0.15, 0.2) is 48.5 Å². The second kappa shape index (κ2) is 9.22. The molecule has 0 heterocycles. The zero-order valence-corrected chi connectivity index (χ0v) is 13.4. The summed E-state index contributed by atoms with van der Waals surface area (Å²) < 4.78 is 44.0. The maximum absolute atomic E-state index is 11.5. The highest BCUT2D eigenvalue weighted by Crippen LogP contribution is 2.26. The standard InChI is InChI=1S/C16H12N2O3.BF4/c1-21-13-8-6-11(7-9-13)14(16(19)20)10-12-4-2-3-5-15(12)18-17;2-1(3,4)5/h2-10H,1H3;/q;-1/p+1/b14-10+;. The first-order valence-electron chi connectivity index (χ1n) is 7.06. The summed E-state index contributed by atoms with van der Waals surface area (Å²) in [4.78, 5) is 14.6. The molecule has 0 unspecified atom stereocenters. The number of methoxy groups -OCH3 is 1. The van der Waals surface area contributed by atoms with Crippen LogP contribution in [0.5, 0.6) is 5.75 Å². The van der Waals surface area contributed by atoms with Gasteiger partial charge >= 0.3 is 18.9 Å². The summed E-state index contributed by atoms with van der Waals surface area (Å²) in [6.45, 7) is 0. The number of carboxylic acid groups (broad SMARTS) is 1. The maximum atomic E-state index is 11.5. The molecule has 0 saturated carbocycles. The van der Waals surface area contributed by atoms with Crippen molar-refractivity contribution < 1.29 is 31.9 Å². The maximum Gasteiger partial charge on any atom is 0.673 e. The van der Waals surface area contributed by atoms with Crippen LogP contribution < -0.4 is 4.74 Å². The summed E-state index contributed by atoms with van der Waals surface area (Å²) in [7, 11) is -4.46. The fourth-order valence-electron chi connectivity index (χ4n) is 1.90. The van der Waals surface area contributed by atoms with Crippen molar-refractivity contribution in [3.05, 3.63) is 64.6 Å². The molecule has 2 rings (SSSR count). The number of hydrogen-bond acceptors (Lipinski definition) is 3. The summed E-state index contributed by atoms with van der Waals surface area (Å²) in [6.07, 6.45) is 1.47. The second-order valence-corrected chi connectivity index (χ2v) is 4.75. The van der Waals surface area contributed by atoms with Crippen molar-refractivity contribution in [1.29, 1.82) is 5.39 Å². The zero-order valence-electron chi connectivity index (χ0n) is 13.4. The molecule has 2 aromatic rings. The Bertz CT molecular complexity index is 825. The monoisotopic (exact) mass is 368 g/mol. The predicted octanol–water partition coefficient (Wildman–Crippen LogP) is 5.10. The van der Waals surface area contributed by atoms with Crippen LogP contribution in [0.2, 0.25) is 0 Å². The van der Waals surface area contributed by atoms with Gasteiger partial charge in [0.1, 0.15) is 5.75 Å². The quantitative estimate of drug-likeness (QED) is 0.268. The molecule has 136 valence electrons. The molecular formula is C16H13BF4N2O3. The van der Waals surface area contributed by atoms with Crippen LogP contribution in [0.25, 0.3) is 16.6 Å². The summed E-state index contributed by atoms with van der Waals surface area (Å²) in [5, 5.41) is 18.3. The Hall–Kier alpha value is -3.35. The van der Waals surface area contributed by atoms with E-state index in [0.29, 0.717) is 22.6 Å². The van der Waals surface area contributed by atoms with Gasteiger partial charge in [-0.25, -0.2) is 4.79 Å². The minimum Gasteiger partial charge on any atom is -0.497 e. The topological polar surface area (TPSA) is 74.7 Å². The summed E-state index contributed by atoms with van der Waals surface area (Å²) in [5.41, 5.74) is 1.47. The van der Waals surface area contributed by atoms with Gasteiger partial charge in [0.25, 0.3) is 0 Å². The molecule has 26 heavy (non-hydrogen) atoms. The van der Waals surface area contributed by atoms with E-state index >= 15 is 0 Å². The largest absolute Gasteiger partial charge is 0.673 e.